The Morgan fingerprint density at radius 1 is 1.50 bits per heavy atom. The number of ether oxygens (including phenoxy) is 1. The molecule has 0 atom stereocenters. The molecule has 6 heteroatoms. The van der Waals surface area contributed by atoms with Crippen molar-refractivity contribution in [3.8, 4) is 5.75 Å². The lowest BCUT2D eigenvalue weighted by atomic mass is 10.1. The summed E-state index contributed by atoms with van der Waals surface area (Å²) in [6.45, 7) is 6.06. The van der Waals surface area contributed by atoms with E-state index in [4.69, 9.17) is 15.7 Å². The second kappa shape index (κ2) is 7.40. The summed E-state index contributed by atoms with van der Waals surface area (Å²) in [6.07, 6.45) is 2.11. The fourth-order valence-corrected chi connectivity index (χ4v) is 1.94. The Morgan fingerprint density at radius 2 is 2.20 bits per heavy atom. The van der Waals surface area contributed by atoms with Crippen molar-refractivity contribution in [1.82, 2.24) is 5.32 Å². The second-order valence-electron chi connectivity index (χ2n) is 5.09. The zero-order chi connectivity index (χ0) is 15.2. The Kier molecular flexibility index (Phi) is 6.16. The minimum absolute atomic E-state index is 0.0462. The molecule has 4 N–H and O–H groups in total. The molecule has 0 aromatic heterocycles. The lowest BCUT2D eigenvalue weighted by Gasteiger charge is -2.22. The first kappa shape index (κ1) is 16.7. The monoisotopic (exact) mass is 297 g/mol. The molecule has 0 aliphatic rings. The number of methoxy groups -OCH3 is 1. The van der Waals surface area contributed by atoms with Crippen molar-refractivity contribution in [2.45, 2.75) is 25.1 Å². The predicted octanol–water partition coefficient (Wildman–Crippen LogP) is 2.02. The average molecular weight is 297 g/mol. The standard InChI is InChI=1S/C14H23N3O2S/c1-14(2,20-4)9-16-8-10-5-6-11(13(15)17-18)12(7-10)19-3/h5-7,16,18H,8-9H2,1-4H3,(H2,15,17). The number of amidine groups is 1. The van der Waals surface area contributed by atoms with Crippen LogP contribution in [0.1, 0.15) is 25.0 Å². The fraction of sp³-hybridized carbons (Fsp3) is 0.500. The summed E-state index contributed by atoms with van der Waals surface area (Å²) < 4.78 is 5.48. The third kappa shape index (κ3) is 4.61. The van der Waals surface area contributed by atoms with Gasteiger partial charge in [0.2, 0.25) is 0 Å². The van der Waals surface area contributed by atoms with Crippen molar-refractivity contribution in [1.29, 1.82) is 0 Å². The molecule has 0 unspecified atom stereocenters. The summed E-state index contributed by atoms with van der Waals surface area (Å²) in [5.74, 6) is 0.647. The molecule has 112 valence electrons. The van der Waals surface area contributed by atoms with Crippen LogP contribution in [0.5, 0.6) is 5.75 Å². The highest BCUT2D eigenvalue weighted by atomic mass is 32.2. The quantitative estimate of drug-likeness (QED) is 0.310. The molecule has 1 aromatic rings. The Bertz CT molecular complexity index is 475. The van der Waals surface area contributed by atoms with Crippen molar-refractivity contribution in [3.63, 3.8) is 0 Å². The maximum atomic E-state index is 8.73. The molecule has 0 spiro atoms. The highest BCUT2D eigenvalue weighted by Crippen LogP contribution is 2.21. The minimum Gasteiger partial charge on any atom is -0.496 e. The molecule has 0 bridgehead atoms. The zero-order valence-electron chi connectivity index (χ0n) is 12.4. The van der Waals surface area contributed by atoms with Crippen molar-refractivity contribution in [2.75, 3.05) is 19.9 Å². The maximum Gasteiger partial charge on any atom is 0.173 e. The van der Waals surface area contributed by atoms with Gasteiger partial charge in [-0.1, -0.05) is 11.2 Å². The van der Waals surface area contributed by atoms with Gasteiger partial charge >= 0.3 is 0 Å². The van der Waals surface area contributed by atoms with Gasteiger partial charge in [0.15, 0.2) is 5.84 Å². The van der Waals surface area contributed by atoms with Crippen molar-refractivity contribution < 1.29 is 9.94 Å². The normalized spacial score (nSPS) is 12.5. The molecule has 1 rings (SSSR count). The third-order valence-corrected chi connectivity index (χ3v) is 4.33. The first-order valence-electron chi connectivity index (χ1n) is 6.34. The van der Waals surface area contributed by atoms with Crippen LogP contribution in [0.3, 0.4) is 0 Å². The summed E-state index contributed by atoms with van der Waals surface area (Å²) >= 11 is 1.83. The van der Waals surface area contributed by atoms with Crippen LogP contribution in [0.4, 0.5) is 0 Å². The van der Waals surface area contributed by atoms with Gasteiger partial charge < -0.3 is 21.0 Å². The molecule has 0 fully saturated rings. The molecule has 5 nitrogen and oxygen atoms in total. The molecule has 0 amide bonds. The topological polar surface area (TPSA) is 79.9 Å². The van der Waals surface area contributed by atoms with Crippen LogP contribution in [-0.4, -0.2) is 35.7 Å². The van der Waals surface area contributed by atoms with Gasteiger partial charge in [-0.3, -0.25) is 0 Å². The number of rotatable bonds is 7. The smallest absolute Gasteiger partial charge is 0.173 e. The predicted molar refractivity (Wildman–Crippen MR) is 84.8 cm³/mol. The Hall–Kier alpha value is -1.40. The zero-order valence-corrected chi connectivity index (χ0v) is 13.3. The number of oxime groups is 1. The first-order valence-corrected chi connectivity index (χ1v) is 7.56. The number of nitrogens with one attached hydrogen (secondary N) is 1. The van der Waals surface area contributed by atoms with Gasteiger partial charge in [0, 0.05) is 17.8 Å². The van der Waals surface area contributed by atoms with E-state index >= 15 is 0 Å². The minimum atomic E-state index is 0.0462. The van der Waals surface area contributed by atoms with E-state index in [-0.39, 0.29) is 10.6 Å². The Morgan fingerprint density at radius 3 is 2.75 bits per heavy atom. The van der Waals surface area contributed by atoms with E-state index in [1.165, 1.54) is 0 Å². The van der Waals surface area contributed by atoms with Gasteiger partial charge in [-0.05, 0) is 37.8 Å². The Balaban J connectivity index is 2.74. The first-order chi connectivity index (χ1) is 9.43. The van der Waals surface area contributed by atoms with Gasteiger partial charge in [0.1, 0.15) is 5.75 Å². The maximum absolute atomic E-state index is 8.73. The largest absolute Gasteiger partial charge is 0.496 e. The molecular formula is C14H23N3O2S. The highest BCUT2D eigenvalue weighted by Gasteiger charge is 2.15. The van der Waals surface area contributed by atoms with E-state index in [1.807, 2.05) is 23.9 Å². The number of nitrogens with two attached hydrogens (primary N) is 1. The van der Waals surface area contributed by atoms with Crippen molar-refractivity contribution >= 4 is 17.6 Å². The van der Waals surface area contributed by atoms with E-state index in [2.05, 4.69) is 30.6 Å². The van der Waals surface area contributed by atoms with Crippen LogP contribution in [0, 0.1) is 0 Å². The number of thioether (sulfide) groups is 1. The molecular weight excluding hydrogens is 274 g/mol. The number of hydrogen-bond acceptors (Lipinski definition) is 5. The van der Waals surface area contributed by atoms with Crippen LogP contribution in [0.2, 0.25) is 0 Å². The van der Waals surface area contributed by atoms with Gasteiger partial charge in [-0.15, -0.1) is 0 Å². The van der Waals surface area contributed by atoms with E-state index in [0.29, 0.717) is 11.3 Å². The van der Waals surface area contributed by atoms with E-state index < -0.39 is 0 Å². The summed E-state index contributed by atoms with van der Waals surface area (Å²) in [7, 11) is 1.57. The molecule has 0 aliphatic carbocycles. The molecule has 0 saturated carbocycles. The molecule has 0 heterocycles. The lowest BCUT2D eigenvalue weighted by Crippen LogP contribution is -2.31. The third-order valence-electron chi connectivity index (χ3n) is 3.08. The van der Waals surface area contributed by atoms with E-state index in [0.717, 1.165) is 18.7 Å². The molecule has 1 aromatic carbocycles. The van der Waals surface area contributed by atoms with Gasteiger partial charge in [0.25, 0.3) is 0 Å². The van der Waals surface area contributed by atoms with Crippen molar-refractivity contribution in [3.05, 3.63) is 29.3 Å². The van der Waals surface area contributed by atoms with Crippen LogP contribution < -0.4 is 15.8 Å². The highest BCUT2D eigenvalue weighted by molar-refractivity contribution is 7.99. The summed E-state index contributed by atoms with van der Waals surface area (Å²) in [4.78, 5) is 0. The van der Waals surface area contributed by atoms with Crippen LogP contribution in [0.25, 0.3) is 0 Å². The van der Waals surface area contributed by atoms with E-state index in [9.17, 15) is 0 Å². The number of hydrogen-bond donors (Lipinski definition) is 3. The second-order valence-corrected chi connectivity index (χ2v) is 6.60. The summed E-state index contributed by atoms with van der Waals surface area (Å²) in [5.41, 5.74) is 7.27. The number of benzene rings is 1. The molecule has 0 aliphatic heterocycles. The molecule has 0 radical (unpaired) electrons. The fourth-order valence-electron chi connectivity index (χ4n) is 1.69. The van der Waals surface area contributed by atoms with Crippen LogP contribution >= 0.6 is 11.8 Å². The average Bonchev–Trinajstić information content (AvgIpc) is 2.46. The van der Waals surface area contributed by atoms with Crippen LogP contribution in [0.15, 0.2) is 23.4 Å². The lowest BCUT2D eigenvalue weighted by molar-refractivity contribution is 0.318. The summed E-state index contributed by atoms with van der Waals surface area (Å²) in [6, 6.07) is 5.63. The van der Waals surface area contributed by atoms with Crippen molar-refractivity contribution in [2.24, 2.45) is 10.9 Å². The molecule has 0 saturated heterocycles. The Labute approximate surface area is 124 Å². The molecule has 20 heavy (non-hydrogen) atoms. The van der Waals surface area contributed by atoms with Gasteiger partial charge in [0.05, 0.1) is 12.7 Å². The van der Waals surface area contributed by atoms with Gasteiger partial charge in [-0.2, -0.15) is 11.8 Å². The SMILES string of the molecule is COc1cc(CNCC(C)(C)SC)ccc1/C(N)=N/O. The van der Waals surface area contributed by atoms with Crippen LogP contribution in [-0.2, 0) is 6.54 Å². The number of nitrogens with zero attached hydrogens (tertiary/aromatic N) is 1. The van der Waals surface area contributed by atoms with Gasteiger partial charge in [-0.25, -0.2) is 0 Å². The summed E-state index contributed by atoms with van der Waals surface area (Å²) in [5, 5.41) is 15.1. The van der Waals surface area contributed by atoms with E-state index in [1.54, 1.807) is 13.2 Å².